The lowest BCUT2D eigenvalue weighted by molar-refractivity contribution is -0.155. The van der Waals surface area contributed by atoms with E-state index in [4.69, 9.17) is 4.74 Å². The van der Waals surface area contributed by atoms with Gasteiger partial charge in [0.2, 0.25) is 11.8 Å². The quantitative estimate of drug-likeness (QED) is 0.640. The Morgan fingerprint density at radius 2 is 2.11 bits per heavy atom. The first kappa shape index (κ1) is 20.8. The monoisotopic (exact) mass is 394 g/mol. The Hall–Kier alpha value is -1.93. The van der Waals surface area contributed by atoms with Crippen LogP contribution in [0.15, 0.2) is 12.7 Å². The molecule has 3 rings (SSSR count). The zero-order valence-electron chi connectivity index (χ0n) is 16.9. The zero-order valence-corrected chi connectivity index (χ0v) is 16.9. The van der Waals surface area contributed by atoms with Crippen LogP contribution in [0.5, 0.6) is 0 Å². The summed E-state index contributed by atoms with van der Waals surface area (Å²) in [6.45, 7) is 11.0. The van der Waals surface area contributed by atoms with Crippen molar-refractivity contribution in [3.05, 3.63) is 12.7 Å². The molecule has 3 aliphatic rings. The Balaban J connectivity index is 2.11. The molecular formula is C20H30N2O6. The second kappa shape index (κ2) is 6.84. The molecule has 28 heavy (non-hydrogen) atoms. The number of carboxylic acids is 1. The molecule has 0 aromatic heterocycles. The molecule has 0 aromatic carbocycles. The predicted molar refractivity (Wildman–Crippen MR) is 100 cm³/mol. The largest absolute Gasteiger partial charge is 0.481 e. The number of aliphatic hydroxyl groups is 1. The summed E-state index contributed by atoms with van der Waals surface area (Å²) in [5.41, 5.74) is -1.68. The number of aliphatic hydroxyl groups excluding tert-OH is 1. The molecule has 0 aromatic rings. The lowest BCUT2D eigenvalue weighted by Gasteiger charge is -2.43. The Bertz CT molecular complexity index is 701. The van der Waals surface area contributed by atoms with E-state index in [0.29, 0.717) is 19.4 Å². The minimum atomic E-state index is -1.16. The minimum Gasteiger partial charge on any atom is -0.481 e. The van der Waals surface area contributed by atoms with E-state index in [-0.39, 0.29) is 12.5 Å². The number of fused-ring (bicyclic) bond motifs is 1. The predicted octanol–water partition coefficient (Wildman–Crippen LogP) is 0.640. The fourth-order valence-electron chi connectivity index (χ4n) is 5.19. The molecule has 0 saturated carbocycles. The smallest absolute Gasteiger partial charge is 0.310 e. The number of likely N-dealkylation sites (tertiary alicyclic amines) is 1. The van der Waals surface area contributed by atoms with Crippen LogP contribution in [0.4, 0.5) is 0 Å². The maximum absolute atomic E-state index is 13.7. The molecule has 3 heterocycles. The van der Waals surface area contributed by atoms with Crippen LogP contribution in [0.1, 0.15) is 40.5 Å². The highest BCUT2D eigenvalue weighted by Crippen LogP contribution is 2.59. The van der Waals surface area contributed by atoms with E-state index < -0.39 is 53.0 Å². The normalized spacial score (nSPS) is 35.0. The van der Waals surface area contributed by atoms with Crippen molar-refractivity contribution in [2.45, 2.75) is 69.9 Å². The summed E-state index contributed by atoms with van der Waals surface area (Å²) in [5, 5.41) is 19.4. The highest BCUT2D eigenvalue weighted by molar-refractivity contribution is 5.98. The van der Waals surface area contributed by atoms with Gasteiger partial charge in [0.05, 0.1) is 30.6 Å². The van der Waals surface area contributed by atoms with Gasteiger partial charge in [-0.05, 0) is 40.5 Å². The Morgan fingerprint density at radius 3 is 2.61 bits per heavy atom. The van der Waals surface area contributed by atoms with E-state index in [0.717, 1.165) is 0 Å². The molecule has 8 nitrogen and oxygen atoms in total. The SMILES string of the molecule is C=CCN(C(=O)[C@H]1N([C@H](C)CO)C(=O)[C@@H]2[C@@H](C(=O)O)[C@H]3CC[C@]21O3)C(C)(C)C. The average molecular weight is 394 g/mol. The van der Waals surface area contributed by atoms with Gasteiger partial charge in [0, 0.05) is 12.1 Å². The maximum Gasteiger partial charge on any atom is 0.310 e. The first-order valence-corrected chi connectivity index (χ1v) is 9.77. The maximum atomic E-state index is 13.7. The molecule has 156 valence electrons. The Kier molecular flexibility index (Phi) is 5.08. The summed E-state index contributed by atoms with van der Waals surface area (Å²) >= 11 is 0. The average Bonchev–Trinajstić information content (AvgIpc) is 3.24. The first-order chi connectivity index (χ1) is 13.0. The van der Waals surface area contributed by atoms with Crippen LogP contribution in [-0.2, 0) is 19.1 Å². The lowest BCUT2D eigenvalue weighted by Crippen LogP contribution is -2.61. The van der Waals surface area contributed by atoms with Crippen molar-refractivity contribution in [3.63, 3.8) is 0 Å². The van der Waals surface area contributed by atoms with Crippen molar-refractivity contribution in [1.82, 2.24) is 9.80 Å². The standard InChI is InChI=1S/C20H30N2O6/c1-6-9-21(19(3,4)5)17(25)15-20-8-7-12(28-20)13(18(26)27)14(20)16(24)22(15)11(2)10-23/h6,11-15,23H,1,7-10H2,2-5H3,(H,26,27)/t11-,12-,13+,14+,15-,20+/m1/s1. The van der Waals surface area contributed by atoms with Gasteiger partial charge in [-0.2, -0.15) is 0 Å². The number of nitrogens with zero attached hydrogens (tertiary/aromatic N) is 2. The summed E-state index contributed by atoms with van der Waals surface area (Å²) < 4.78 is 6.13. The van der Waals surface area contributed by atoms with E-state index in [1.807, 2.05) is 20.8 Å². The Morgan fingerprint density at radius 1 is 1.46 bits per heavy atom. The summed E-state index contributed by atoms with van der Waals surface area (Å²) in [5.74, 6) is -3.65. The van der Waals surface area contributed by atoms with Crippen molar-refractivity contribution >= 4 is 17.8 Å². The number of carbonyl (C=O) groups excluding carboxylic acids is 2. The number of hydrogen-bond donors (Lipinski definition) is 2. The number of amides is 2. The van der Waals surface area contributed by atoms with Crippen LogP contribution < -0.4 is 0 Å². The van der Waals surface area contributed by atoms with E-state index in [9.17, 15) is 24.6 Å². The number of rotatable bonds is 6. The number of carbonyl (C=O) groups is 3. The molecule has 0 unspecified atom stereocenters. The van der Waals surface area contributed by atoms with Gasteiger partial charge in [-0.15, -0.1) is 6.58 Å². The van der Waals surface area contributed by atoms with Gasteiger partial charge >= 0.3 is 5.97 Å². The van der Waals surface area contributed by atoms with E-state index in [1.165, 1.54) is 4.90 Å². The van der Waals surface area contributed by atoms with Gasteiger partial charge in [0.1, 0.15) is 11.6 Å². The van der Waals surface area contributed by atoms with Crippen molar-refractivity contribution < 1.29 is 29.3 Å². The molecule has 1 spiro atoms. The minimum absolute atomic E-state index is 0.293. The van der Waals surface area contributed by atoms with Gasteiger partial charge in [-0.3, -0.25) is 14.4 Å². The van der Waals surface area contributed by atoms with Gasteiger partial charge in [0.15, 0.2) is 0 Å². The number of carboxylic acid groups (broad SMARTS) is 1. The molecular weight excluding hydrogens is 364 g/mol. The van der Waals surface area contributed by atoms with Crippen LogP contribution in [0.3, 0.4) is 0 Å². The second-order valence-electron chi connectivity index (χ2n) is 9.08. The lowest BCUT2D eigenvalue weighted by atomic mass is 9.70. The van der Waals surface area contributed by atoms with Crippen molar-refractivity contribution in [1.29, 1.82) is 0 Å². The van der Waals surface area contributed by atoms with Crippen LogP contribution in [0, 0.1) is 11.8 Å². The van der Waals surface area contributed by atoms with Crippen LogP contribution in [-0.4, -0.2) is 80.3 Å². The molecule has 0 radical (unpaired) electrons. The van der Waals surface area contributed by atoms with Crippen LogP contribution in [0.25, 0.3) is 0 Å². The van der Waals surface area contributed by atoms with E-state index >= 15 is 0 Å². The summed E-state index contributed by atoms with van der Waals surface area (Å²) in [6, 6.07) is -1.58. The molecule has 8 heteroatoms. The Labute approximate surface area is 165 Å². The third kappa shape index (κ3) is 2.76. The molecule has 3 fully saturated rings. The number of ether oxygens (including phenoxy) is 1. The summed E-state index contributed by atoms with van der Waals surface area (Å²) in [4.78, 5) is 41.9. The highest BCUT2D eigenvalue weighted by Gasteiger charge is 2.75. The van der Waals surface area contributed by atoms with Crippen molar-refractivity contribution in [2.24, 2.45) is 11.8 Å². The van der Waals surface area contributed by atoms with Gasteiger partial charge in [-0.25, -0.2) is 0 Å². The van der Waals surface area contributed by atoms with Gasteiger partial charge < -0.3 is 24.7 Å². The van der Waals surface area contributed by atoms with Gasteiger partial charge in [-0.1, -0.05) is 6.08 Å². The molecule has 0 aliphatic carbocycles. The van der Waals surface area contributed by atoms with Gasteiger partial charge in [0.25, 0.3) is 0 Å². The fraction of sp³-hybridized carbons (Fsp3) is 0.750. The van der Waals surface area contributed by atoms with Crippen molar-refractivity contribution in [2.75, 3.05) is 13.2 Å². The van der Waals surface area contributed by atoms with E-state index in [1.54, 1.807) is 17.9 Å². The van der Waals surface area contributed by atoms with Crippen LogP contribution in [0.2, 0.25) is 0 Å². The molecule has 2 bridgehead atoms. The molecule has 2 amide bonds. The topological polar surface area (TPSA) is 107 Å². The second-order valence-corrected chi connectivity index (χ2v) is 9.08. The first-order valence-electron chi connectivity index (χ1n) is 9.77. The molecule has 2 N–H and O–H groups in total. The highest BCUT2D eigenvalue weighted by atomic mass is 16.5. The molecule has 3 aliphatic heterocycles. The molecule has 3 saturated heterocycles. The third-order valence-corrected chi connectivity index (χ3v) is 6.38. The van der Waals surface area contributed by atoms with Crippen molar-refractivity contribution in [3.8, 4) is 0 Å². The number of hydrogen-bond acceptors (Lipinski definition) is 5. The zero-order chi connectivity index (χ0) is 21.0. The fourth-order valence-corrected chi connectivity index (χ4v) is 5.19. The third-order valence-electron chi connectivity index (χ3n) is 6.38. The van der Waals surface area contributed by atoms with Crippen LogP contribution >= 0.6 is 0 Å². The summed E-state index contributed by atoms with van der Waals surface area (Å²) in [6.07, 6.45) is 2.02. The molecule has 6 atom stereocenters. The van der Waals surface area contributed by atoms with E-state index in [2.05, 4.69) is 6.58 Å². The number of aliphatic carboxylic acids is 1. The summed E-state index contributed by atoms with van der Waals surface area (Å²) in [7, 11) is 0.